The van der Waals surface area contributed by atoms with Gasteiger partial charge in [0, 0.05) is 6.20 Å². The number of nitrogens with zero attached hydrogens (tertiary/aromatic N) is 1. The average molecular weight is 451 g/mol. The van der Waals surface area contributed by atoms with E-state index in [4.69, 9.17) is 46.4 Å². The van der Waals surface area contributed by atoms with Crippen LogP contribution in [-0.4, -0.2) is 13.4 Å². The van der Waals surface area contributed by atoms with Crippen LogP contribution >= 0.6 is 62.3 Å². The topological polar surface area (TPSA) is 59.1 Å². The predicted molar refractivity (Wildman–Crippen MR) is 89.2 cm³/mol. The van der Waals surface area contributed by atoms with Crippen molar-refractivity contribution in [2.45, 2.75) is 4.90 Å². The molecule has 0 saturated carbocycles. The summed E-state index contributed by atoms with van der Waals surface area (Å²) >= 11 is 26.4. The van der Waals surface area contributed by atoms with Crippen molar-refractivity contribution < 1.29 is 8.42 Å². The molecule has 0 saturated heterocycles. The number of rotatable bonds is 3. The normalized spacial score (nSPS) is 11.5. The van der Waals surface area contributed by atoms with Crippen molar-refractivity contribution in [1.29, 1.82) is 0 Å². The summed E-state index contributed by atoms with van der Waals surface area (Å²) in [5.74, 6) is 0. The van der Waals surface area contributed by atoms with Crippen molar-refractivity contribution in [3.8, 4) is 0 Å². The summed E-state index contributed by atoms with van der Waals surface area (Å²) in [4.78, 5) is 3.68. The molecule has 2 rings (SSSR count). The van der Waals surface area contributed by atoms with Gasteiger partial charge in [-0.25, -0.2) is 13.4 Å². The van der Waals surface area contributed by atoms with Gasteiger partial charge in [0.05, 0.1) is 25.2 Å². The lowest BCUT2D eigenvalue weighted by Crippen LogP contribution is -2.13. The zero-order chi connectivity index (χ0) is 15.8. The van der Waals surface area contributed by atoms with E-state index >= 15 is 0 Å². The molecule has 0 atom stereocenters. The highest BCUT2D eigenvalue weighted by atomic mass is 79.9. The second-order valence-electron chi connectivity index (χ2n) is 3.80. The fourth-order valence-electron chi connectivity index (χ4n) is 1.36. The van der Waals surface area contributed by atoms with E-state index in [0.717, 1.165) is 6.20 Å². The lowest BCUT2D eigenvalue weighted by molar-refractivity contribution is 0.600. The van der Waals surface area contributed by atoms with Gasteiger partial charge in [-0.05, 0) is 34.1 Å². The lowest BCUT2D eigenvalue weighted by Gasteiger charge is -2.11. The minimum atomic E-state index is -3.89. The average Bonchev–Trinajstić information content (AvgIpc) is 2.39. The van der Waals surface area contributed by atoms with Gasteiger partial charge >= 0.3 is 0 Å². The molecule has 112 valence electrons. The van der Waals surface area contributed by atoms with Gasteiger partial charge in [0.15, 0.2) is 0 Å². The molecular formula is C11H5BrCl4N2O2S. The van der Waals surface area contributed by atoms with Crippen molar-refractivity contribution in [3.05, 3.63) is 49.1 Å². The summed E-state index contributed by atoms with van der Waals surface area (Å²) in [6, 6.07) is 3.99. The van der Waals surface area contributed by atoms with Gasteiger partial charge in [0.1, 0.15) is 10.0 Å². The van der Waals surface area contributed by atoms with E-state index in [1.54, 1.807) is 0 Å². The Balaban J connectivity index is 2.42. The number of halogens is 5. The largest absolute Gasteiger partial charge is 0.278 e. The molecule has 4 nitrogen and oxygen atoms in total. The van der Waals surface area contributed by atoms with E-state index in [2.05, 4.69) is 25.6 Å². The van der Waals surface area contributed by atoms with E-state index in [9.17, 15) is 8.42 Å². The molecule has 21 heavy (non-hydrogen) atoms. The Bertz CT molecular complexity index is 814. The molecule has 0 aliphatic carbocycles. The third-order valence-corrected chi connectivity index (χ3v) is 5.84. The summed E-state index contributed by atoms with van der Waals surface area (Å²) in [5.41, 5.74) is 0.108. The quantitative estimate of drug-likeness (QED) is 0.512. The molecule has 1 aromatic carbocycles. The first-order valence-electron chi connectivity index (χ1n) is 5.19. The molecule has 0 spiro atoms. The summed E-state index contributed by atoms with van der Waals surface area (Å²) < 4.78 is 27.2. The van der Waals surface area contributed by atoms with Crippen LogP contribution in [0.4, 0.5) is 5.69 Å². The Hall–Kier alpha value is -0.240. The smallest absolute Gasteiger partial charge is 0.263 e. The Kier molecular flexibility index (Phi) is 5.28. The van der Waals surface area contributed by atoms with Crippen molar-refractivity contribution in [2.24, 2.45) is 0 Å². The van der Waals surface area contributed by atoms with E-state index < -0.39 is 10.0 Å². The van der Waals surface area contributed by atoms with E-state index in [1.807, 2.05) is 0 Å². The summed E-state index contributed by atoms with van der Waals surface area (Å²) in [6.45, 7) is 0. The first-order valence-corrected chi connectivity index (χ1v) is 8.98. The van der Waals surface area contributed by atoms with Crippen LogP contribution in [0.1, 0.15) is 0 Å². The summed E-state index contributed by atoms with van der Waals surface area (Å²) in [5, 5.41) is 0.671. The maximum absolute atomic E-state index is 12.3. The van der Waals surface area contributed by atoms with Gasteiger partial charge in [-0.3, -0.25) is 4.72 Å². The van der Waals surface area contributed by atoms with Gasteiger partial charge in [-0.15, -0.1) is 0 Å². The third-order valence-electron chi connectivity index (χ3n) is 2.34. The molecule has 0 fully saturated rings. The molecule has 2 aromatic rings. The molecular weight excluding hydrogens is 446 g/mol. The van der Waals surface area contributed by atoms with Crippen LogP contribution in [0, 0.1) is 0 Å². The van der Waals surface area contributed by atoms with Gasteiger partial charge < -0.3 is 0 Å². The molecule has 1 N–H and O–H groups in total. The van der Waals surface area contributed by atoms with Gasteiger partial charge in [-0.1, -0.05) is 46.4 Å². The van der Waals surface area contributed by atoms with Crippen molar-refractivity contribution >= 4 is 78.0 Å². The molecule has 0 aliphatic heterocycles. The number of pyridine rings is 1. The highest BCUT2D eigenvalue weighted by Crippen LogP contribution is 2.33. The molecule has 1 heterocycles. The fourth-order valence-corrected chi connectivity index (χ4v) is 3.65. The van der Waals surface area contributed by atoms with E-state index in [-0.39, 0.29) is 30.8 Å². The molecule has 1 aromatic heterocycles. The van der Waals surface area contributed by atoms with E-state index in [0.29, 0.717) is 4.47 Å². The Labute approximate surface area is 149 Å². The summed E-state index contributed by atoms with van der Waals surface area (Å²) in [6.07, 6.45) is 1.13. The molecule has 0 amide bonds. The highest BCUT2D eigenvalue weighted by molar-refractivity contribution is 9.10. The standard InChI is InChI=1S/C11H5BrCl4N2O2S/c12-6-1-5(4-17-11(6)16)21(19,20)18-10-3-8(14)7(13)2-9(10)15/h1-4,18H. The van der Waals surface area contributed by atoms with Crippen molar-refractivity contribution in [2.75, 3.05) is 4.72 Å². The lowest BCUT2D eigenvalue weighted by atomic mass is 10.3. The zero-order valence-electron chi connectivity index (χ0n) is 9.87. The predicted octanol–water partition coefficient (Wildman–Crippen LogP) is 5.26. The number of benzene rings is 1. The van der Waals surface area contributed by atoms with Crippen LogP contribution in [-0.2, 0) is 10.0 Å². The Morgan fingerprint density at radius 3 is 2.24 bits per heavy atom. The number of sulfonamides is 1. The maximum Gasteiger partial charge on any atom is 0.263 e. The van der Waals surface area contributed by atoms with Crippen LogP contribution in [0.3, 0.4) is 0 Å². The van der Waals surface area contributed by atoms with Crippen LogP contribution in [0.5, 0.6) is 0 Å². The number of nitrogens with one attached hydrogen (secondary N) is 1. The minimum Gasteiger partial charge on any atom is -0.278 e. The van der Waals surface area contributed by atoms with Gasteiger partial charge in [0.2, 0.25) is 0 Å². The second-order valence-corrected chi connectivity index (χ2v) is 7.91. The number of hydrogen-bond donors (Lipinski definition) is 1. The minimum absolute atomic E-state index is 0.0825. The second kappa shape index (κ2) is 6.48. The monoisotopic (exact) mass is 448 g/mol. The molecule has 0 aliphatic rings. The van der Waals surface area contributed by atoms with Gasteiger partial charge in [-0.2, -0.15) is 0 Å². The van der Waals surface area contributed by atoms with E-state index in [1.165, 1.54) is 18.2 Å². The van der Waals surface area contributed by atoms with Crippen molar-refractivity contribution in [3.63, 3.8) is 0 Å². The fraction of sp³-hybridized carbons (Fsp3) is 0. The van der Waals surface area contributed by atoms with Crippen molar-refractivity contribution in [1.82, 2.24) is 4.98 Å². The van der Waals surface area contributed by atoms with Crippen LogP contribution in [0.15, 0.2) is 33.8 Å². The molecule has 0 bridgehead atoms. The first-order chi connectivity index (χ1) is 9.70. The third kappa shape index (κ3) is 3.94. The van der Waals surface area contributed by atoms with Crippen LogP contribution < -0.4 is 4.72 Å². The summed E-state index contributed by atoms with van der Waals surface area (Å²) in [7, 11) is -3.89. The number of anilines is 1. The molecule has 10 heteroatoms. The van der Waals surface area contributed by atoms with Crippen LogP contribution in [0.2, 0.25) is 20.2 Å². The maximum atomic E-state index is 12.3. The first kappa shape index (κ1) is 17.1. The highest BCUT2D eigenvalue weighted by Gasteiger charge is 2.18. The Morgan fingerprint density at radius 1 is 1.00 bits per heavy atom. The van der Waals surface area contributed by atoms with Gasteiger partial charge in [0.25, 0.3) is 10.0 Å². The zero-order valence-corrected chi connectivity index (χ0v) is 15.3. The molecule has 0 unspecified atom stereocenters. The Morgan fingerprint density at radius 2 is 1.62 bits per heavy atom. The molecule has 0 radical (unpaired) electrons. The number of aromatic nitrogens is 1. The SMILES string of the molecule is O=S(=O)(Nc1cc(Cl)c(Cl)cc1Cl)c1cnc(Cl)c(Br)c1. The number of hydrogen-bond acceptors (Lipinski definition) is 3. The van der Waals surface area contributed by atoms with Crippen LogP contribution in [0.25, 0.3) is 0 Å².